The molecule has 0 fully saturated rings. The highest BCUT2D eigenvalue weighted by molar-refractivity contribution is 7.80. The first kappa shape index (κ1) is 19.3. The standard InChI is InChI=1S/C19H20N2O4S2/c1-10-9-12-7-5-6-8-13(12)21(10)19(26)20-16-14(17(22)24-3)11(2)15(27-16)18(23)25-4/h5-8,10H,9H2,1-4H3,(H,20,26). The Labute approximate surface area is 167 Å². The average Bonchev–Trinajstić information content (AvgIpc) is 3.16. The number of carbonyl (C=O) groups is 2. The molecule has 0 bridgehead atoms. The van der Waals surface area contributed by atoms with Crippen LogP contribution in [0.15, 0.2) is 24.3 Å². The third-order valence-corrected chi connectivity index (χ3v) is 6.04. The Hall–Kier alpha value is -2.45. The fourth-order valence-corrected chi connectivity index (χ4v) is 4.83. The highest BCUT2D eigenvalue weighted by atomic mass is 32.1. The lowest BCUT2D eigenvalue weighted by atomic mass is 10.1. The number of esters is 2. The van der Waals surface area contributed by atoms with Crippen molar-refractivity contribution in [1.82, 2.24) is 0 Å². The van der Waals surface area contributed by atoms with Crippen LogP contribution in [-0.4, -0.2) is 37.3 Å². The third-order valence-electron chi connectivity index (χ3n) is 4.55. The van der Waals surface area contributed by atoms with E-state index in [9.17, 15) is 9.59 Å². The molecule has 0 amide bonds. The van der Waals surface area contributed by atoms with Crippen molar-refractivity contribution in [2.75, 3.05) is 24.4 Å². The number of anilines is 2. The summed E-state index contributed by atoms with van der Waals surface area (Å²) < 4.78 is 9.70. The first-order chi connectivity index (χ1) is 12.9. The van der Waals surface area contributed by atoms with Crippen molar-refractivity contribution in [2.45, 2.75) is 26.3 Å². The number of methoxy groups -OCH3 is 2. The number of hydrogen-bond acceptors (Lipinski definition) is 6. The number of thiocarbonyl (C=S) groups is 1. The van der Waals surface area contributed by atoms with Gasteiger partial charge in [-0.05, 0) is 49.7 Å². The number of carbonyl (C=O) groups excluding carboxylic acids is 2. The molecule has 1 unspecified atom stereocenters. The molecule has 0 spiro atoms. The fourth-order valence-electron chi connectivity index (χ4n) is 3.27. The van der Waals surface area contributed by atoms with Gasteiger partial charge in [0, 0.05) is 11.7 Å². The van der Waals surface area contributed by atoms with E-state index in [0.29, 0.717) is 26.1 Å². The summed E-state index contributed by atoms with van der Waals surface area (Å²) in [6.07, 6.45) is 0.888. The Bertz CT molecular complexity index is 922. The van der Waals surface area contributed by atoms with Gasteiger partial charge in [0.25, 0.3) is 0 Å². The third kappa shape index (κ3) is 3.42. The number of para-hydroxylation sites is 1. The second-order valence-corrected chi connectivity index (χ2v) is 7.63. The summed E-state index contributed by atoms with van der Waals surface area (Å²) in [5, 5.41) is 4.09. The summed E-state index contributed by atoms with van der Waals surface area (Å²) in [5.41, 5.74) is 3.08. The van der Waals surface area contributed by atoms with Crippen molar-refractivity contribution in [1.29, 1.82) is 0 Å². The van der Waals surface area contributed by atoms with E-state index in [-0.39, 0.29) is 6.04 Å². The van der Waals surface area contributed by atoms with Gasteiger partial charge in [0.15, 0.2) is 5.11 Å². The maximum absolute atomic E-state index is 12.3. The second-order valence-electron chi connectivity index (χ2n) is 6.23. The van der Waals surface area contributed by atoms with Crippen molar-refractivity contribution in [2.24, 2.45) is 0 Å². The predicted octanol–water partition coefficient (Wildman–Crippen LogP) is 3.78. The monoisotopic (exact) mass is 404 g/mol. The molecule has 6 nitrogen and oxygen atoms in total. The minimum Gasteiger partial charge on any atom is -0.465 e. The van der Waals surface area contributed by atoms with Gasteiger partial charge < -0.3 is 19.7 Å². The molecule has 8 heteroatoms. The van der Waals surface area contributed by atoms with Crippen LogP contribution in [0, 0.1) is 6.92 Å². The summed E-state index contributed by atoms with van der Waals surface area (Å²) >= 11 is 6.76. The van der Waals surface area contributed by atoms with E-state index in [0.717, 1.165) is 23.4 Å². The van der Waals surface area contributed by atoms with Crippen LogP contribution in [0.25, 0.3) is 0 Å². The molecule has 0 radical (unpaired) electrons. The molecule has 2 heterocycles. The Kier molecular flexibility index (Phi) is 5.48. The molecular weight excluding hydrogens is 384 g/mol. The average molecular weight is 405 g/mol. The number of fused-ring (bicyclic) bond motifs is 1. The topological polar surface area (TPSA) is 67.9 Å². The number of benzene rings is 1. The van der Waals surface area contributed by atoms with Crippen LogP contribution in [0.1, 0.15) is 38.1 Å². The molecule has 142 valence electrons. The molecule has 0 aliphatic carbocycles. The molecule has 27 heavy (non-hydrogen) atoms. The lowest BCUT2D eigenvalue weighted by Gasteiger charge is -2.26. The summed E-state index contributed by atoms with van der Waals surface area (Å²) in [6.45, 7) is 3.78. The molecule has 1 aliphatic heterocycles. The van der Waals surface area contributed by atoms with Gasteiger partial charge in [-0.2, -0.15) is 0 Å². The van der Waals surface area contributed by atoms with Crippen molar-refractivity contribution >= 4 is 51.3 Å². The first-order valence-corrected chi connectivity index (χ1v) is 9.59. The van der Waals surface area contributed by atoms with Crippen LogP contribution < -0.4 is 10.2 Å². The number of hydrogen-bond donors (Lipinski definition) is 1. The summed E-state index contributed by atoms with van der Waals surface area (Å²) in [6, 6.07) is 8.26. The van der Waals surface area contributed by atoms with Crippen LogP contribution >= 0.6 is 23.6 Å². The van der Waals surface area contributed by atoms with E-state index in [4.69, 9.17) is 21.7 Å². The molecule has 1 atom stereocenters. The van der Waals surface area contributed by atoms with E-state index < -0.39 is 11.9 Å². The van der Waals surface area contributed by atoms with Crippen LogP contribution in [-0.2, 0) is 15.9 Å². The second kappa shape index (κ2) is 7.66. The highest BCUT2D eigenvalue weighted by Crippen LogP contribution is 2.36. The van der Waals surface area contributed by atoms with Crippen molar-refractivity contribution in [3.63, 3.8) is 0 Å². The van der Waals surface area contributed by atoms with Gasteiger partial charge in [-0.3, -0.25) is 0 Å². The molecule has 1 aromatic carbocycles. The normalized spacial score (nSPS) is 15.3. The largest absolute Gasteiger partial charge is 0.465 e. The molecule has 0 saturated heterocycles. The van der Waals surface area contributed by atoms with Crippen molar-refractivity contribution < 1.29 is 19.1 Å². The Morgan fingerprint density at radius 2 is 1.89 bits per heavy atom. The van der Waals surface area contributed by atoms with Gasteiger partial charge in [0.05, 0.1) is 19.8 Å². The molecular formula is C19H20N2O4S2. The number of ether oxygens (including phenoxy) is 2. The van der Waals surface area contributed by atoms with Gasteiger partial charge in [0.1, 0.15) is 9.88 Å². The Morgan fingerprint density at radius 3 is 2.56 bits per heavy atom. The van der Waals surface area contributed by atoms with E-state index in [2.05, 4.69) is 18.3 Å². The maximum Gasteiger partial charge on any atom is 0.348 e. The van der Waals surface area contributed by atoms with Gasteiger partial charge in [0.2, 0.25) is 0 Å². The summed E-state index contributed by atoms with van der Waals surface area (Å²) in [5.74, 6) is -1.03. The van der Waals surface area contributed by atoms with Gasteiger partial charge >= 0.3 is 11.9 Å². The lowest BCUT2D eigenvalue weighted by molar-refractivity contribution is 0.0601. The predicted molar refractivity (Wildman–Crippen MR) is 110 cm³/mol. The first-order valence-electron chi connectivity index (χ1n) is 8.37. The van der Waals surface area contributed by atoms with Gasteiger partial charge in [-0.25, -0.2) is 9.59 Å². The number of thiophene rings is 1. The van der Waals surface area contributed by atoms with E-state index in [1.807, 2.05) is 23.1 Å². The van der Waals surface area contributed by atoms with Crippen molar-refractivity contribution in [3.05, 3.63) is 45.8 Å². The molecule has 0 saturated carbocycles. The minimum atomic E-state index is -0.529. The number of nitrogens with one attached hydrogen (secondary N) is 1. The van der Waals surface area contributed by atoms with Crippen LogP contribution in [0.5, 0.6) is 0 Å². The minimum absolute atomic E-state index is 0.185. The SMILES string of the molecule is COC(=O)c1sc(NC(=S)N2c3ccccc3CC2C)c(C(=O)OC)c1C. The molecule has 1 aliphatic rings. The zero-order chi connectivity index (χ0) is 19.7. The quantitative estimate of drug-likeness (QED) is 0.617. The van der Waals surface area contributed by atoms with Crippen LogP contribution in [0.4, 0.5) is 10.7 Å². The van der Waals surface area contributed by atoms with Crippen LogP contribution in [0.2, 0.25) is 0 Å². The summed E-state index contributed by atoms with van der Waals surface area (Å²) in [4.78, 5) is 26.7. The molecule has 1 aromatic heterocycles. The number of nitrogens with zero attached hydrogens (tertiary/aromatic N) is 1. The lowest BCUT2D eigenvalue weighted by Crippen LogP contribution is -2.38. The van der Waals surface area contributed by atoms with Crippen LogP contribution in [0.3, 0.4) is 0 Å². The Morgan fingerprint density at radius 1 is 1.22 bits per heavy atom. The van der Waals surface area contributed by atoms with E-state index in [1.165, 1.54) is 19.8 Å². The summed E-state index contributed by atoms with van der Waals surface area (Å²) in [7, 11) is 2.61. The molecule has 2 aromatic rings. The van der Waals surface area contributed by atoms with Gasteiger partial charge in [-0.1, -0.05) is 18.2 Å². The number of rotatable bonds is 3. The Balaban J connectivity index is 1.96. The fraction of sp³-hybridized carbons (Fsp3) is 0.316. The zero-order valence-corrected chi connectivity index (χ0v) is 17.1. The highest BCUT2D eigenvalue weighted by Gasteiger charge is 2.31. The zero-order valence-electron chi connectivity index (χ0n) is 15.5. The van der Waals surface area contributed by atoms with Crippen molar-refractivity contribution in [3.8, 4) is 0 Å². The van der Waals surface area contributed by atoms with E-state index in [1.54, 1.807) is 6.92 Å². The van der Waals surface area contributed by atoms with Gasteiger partial charge in [-0.15, -0.1) is 11.3 Å². The smallest absolute Gasteiger partial charge is 0.348 e. The maximum atomic E-state index is 12.3. The molecule has 3 rings (SSSR count). The van der Waals surface area contributed by atoms with E-state index >= 15 is 0 Å². The molecule has 1 N–H and O–H groups in total.